The van der Waals surface area contributed by atoms with Crippen molar-refractivity contribution in [1.29, 1.82) is 0 Å². The molecule has 1 fully saturated rings. The smallest absolute Gasteiger partial charge is 0.326 e. The Morgan fingerprint density at radius 1 is 1.45 bits per heavy atom. The Balaban J connectivity index is 2.04. The lowest BCUT2D eigenvalue weighted by molar-refractivity contribution is -0.142. The molecule has 1 aromatic carbocycles. The number of carboxylic acids is 1. The zero-order valence-electron chi connectivity index (χ0n) is 11.7. The first kappa shape index (κ1) is 13.4. The standard InChI is InChI=1S/C15H18N2O2S/c1-15(2)8-5-9-17(12(15)13(18)19)14-16-10-6-3-4-7-11(10)20-14/h3-4,6-7,12H,5,8-9H2,1-2H3,(H,18,19). The summed E-state index contributed by atoms with van der Waals surface area (Å²) in [7, 11) is 0. The van der Waals surface area contributed by atoms with Gasteiger partial charge in [-0.05, 0) is 30.4 Å². The Hall–Kier alpha value is -1.62. The van der Waals surface area contributed by atoms with Gasteiger partial charge >= 0.3 is 5.97 Å². The normalized spacial score (nSPS) is 22.1. The van der Waals surface area contributed by atoms with Crippen LogP contribution in [-0.2, 0) is 4.79 Å². The number of hydrogen-bond acceptors (Lipinski definition) is 4. The summed E-state index contributed by atoms with van der Waals surface area (Å²) in [6, 6.07) is 7.44. The number of carboxylic acid groups (broad SMARTS) is 1. The summed E-state index contributed by atoms with van der Waals surface area (Å²) in [6.45, 7) is 4.83. The van der Waals surface area contributed by atoms with Crippen LogP contribution in [0.4, 0.5) is 5.13 Å². The monoisotopic (exact) mass is 290 g/mol. The zero-order chi connectivity index (χ0) is 14.3. The number of nitrogens with zero attached hydrogens (tertiary/aromatic N) is 2. The van der Waals surface area contributed by atoms with Gasteiger partial charge in [0.25, 0.3) is 0 Å². The van der Waals surface area contributed by atoms with E-state index in [4.69, 9.17) is 0 Å². The van der Waals surface area contributed by atoms with Gasteiger partial charge in [-0.3, -0.25) is 0 Å². The van der Waals surface area contributed by atoms with Crippen molar-refractivity contribution >= 4 is 32.7 Å². The lowest BCUT2D eigenvalue weighted by Gasteiger charge is -2.43. The van der Waals surface area contributed by atoms with Gasteiger partial charge in [0.05, 0.1) is 10.2 Å². The molecule has 4 nitrogen and oxygen atoms in total. The van der Waals surface area contributed by atoms with Gasteiger partial charge in [-0.25, -0.2) is 9.78 Å². The summed E-state index contributed by atoms with van der Waals surface area (Å²) in [5, 5.41) is 10.4. The molecule has 1 aromatic heterocycles. The lowest BCUT2D eigenvalue weighted by atomic mass is 9.76. The van der Waals surface area contributed by atoms with Gasteiger partial charge in [0, 0.05) is 6.54 Å². The number of para-hydroxylation sites is 1. The summed E-state index contributed by atoms with van der Waals surface area (Å²) >= 11 is 1.58. The number of aliphatic carboxylic acids is 1. The highest BCUT2D eigenvalue weighted by molar-refractivity contribution is 7.22. The Kier molecular flexibility index (Phi) is 3.17. The minimum Gasteiger partial charge on any atom is -0.480 e. The summed E-state index contributed by atoms with van der Waals surface area (Å²) in [5.74, 6) is -0.756. The van der Waals surface area contributed by atoms with E-state index in [2.05, 4.69) is 4.98 Å². The topological polar surface area (TPSA) is 53.4 Å². The van der Waals surface area contributed by atoms with Crippen molar-refractivity contribution in [2.45, 2.75) is 32.7 Å². The van der Waals surface area contributed by atoms with Crippen LogP contribution in [0.3, 0.4) is 0 Å². The number of fused-ring (bicyclic) bond motifs is 1. The fourth-order valence-electron chi connectivity index (χ4n) is 3.05. The second kappa shape index (κ2) is 4.74. The fourth-order valence-corrected chi connectivity index (χ4v) is 4.07. The third-order valence-corrected chi connectivity index (χ3v) is 5.11. The molecule has 2 aromatic rings. The summed E-state index contributed by atoms with van der Waals surface area (Å²) in [5.41, 5.74) is 0.710. The fraction of sp³-hybridized carbons (Fsp3) is 0.467. The van der Waals surface area contributed by atoms with E-state index < -0.39 is 12.0 Å². The first-order valence-corrected chi connectivity index (χ1v) is 7.66. The maximum atomic E-state index is 11.7. The lowest BCUT2D eigenvalue weighted by Crippen LogP contribution is -2.54. The Morgan fingerprint density at radius 3 is 2.90 bits per heavy atom. The minimum absolute atomic E-state index is 0.234. The maximum Gasteiger partial charge on any atom is 0.326 e. The van der Waals surface area contributed by atoms with Crippen molar-refractivity contribution in [2.75, 3.05) is 11.4 Å². The molecule has 0 amide bonds. The van der Waals surface area contributed by atoms with Crippen molar-refractivity contribution in [3.8, 4) is 0 Å². The molecular weight excluding hydrogens is 272 g/mol. The van der Waals surface area contributed by atoms with E-state index in [0.717, 1.165) is 34.7 Å². The minimum atomic E-state index is -0.756. The second-order valence-corrected chi connectivity index (χ2v) is 7.00. The number of benzene rings is 1. The highest BCUT2D eigenvalue weighted by atomic mass is 32.1. The van der Waals surface area contributed by atoms with Crippen molar-refractivity contribution < 1.29 is 9.90 Å². The molecule has 5 heteroatoms. The van der Waals surface area contributed by atoms with Crippen molar-refractivity contribution in [2.24, 2.45) is 5.41 Å². The third kappa shape index (κ3) is 2.16. The molecule has 0 saturated carbocycles. The van der Waals surface area contributed by atoms with Gasteiger partial charge in [0.2, 0.25) is 0 Å². The van der Waals surface area contributed by atoms with Gasteiger partial charge in [-0.1, -0.05) is 37.3 Å². The first-order chi connectivity index (χ1) is 9.49. The van der Waals surface area contributed by atoms with Crippen molar-refractivity contribution in [3.63, 3.8) is 0 Å². The number of hydrogen-bond donors (Lipinski definition) is 1. The predicted octanol–water partition coefficient (Wildman–Crippen LogP) is 3.38. The number of carbonyl (C=O) groups is 1. The molecule has 0 bridgehead atoms. The van der Waals surface area contributed by atoms with E-state index in [0.29, 0.717) is 0 Å². The number of anilines is 1. The van der Waals surface area contributed by atoms with Crippen LogP contribution in [0.15, 0.2) is 24.3 Å². The van der Waals surface area contributed by atoms with Crippen LogP contribution in [0, 0.1) is 5.41 Å². The van der Waals surface area contributed by atoms with Crippen LogP contribution < -0.4 is 4.90 Å². The zero-order valence-corrected chi connectivity index (χ0v) is 12.5. The molecule has 0 radical (unpaired) electrons. The van der Waals surface area contributed by atoms with Crippen LogP contribution in [0.5, 0.6) is 0 Å². The SMILES string of the molecule is CC1(C)CCCN(c2nc3ccccc3s2)C1C(=O)O. The van der Waals surface area contributed by atoms with Crippen LogP contribution in [-0.4, -0.2) is 28.6 Å². The molecule has 106 valence electrons. The van der Waals surface area contributed by atoms with E-state index in [1.54, 1.807) is 11.3 Å². The van der Waals surface area contributed by atoms with Crippen LogP contribution in [0.25, 0.3) is 10.2 Å². The molecule has 20 heavy (non-hydrogen) atoms. The molecule has 1 atom stereocenters. The highest BCUT2D eigenvalue weighted by Crippen LogP contribution is 2.40. The van der Waals surface area contributed by atoms with Gasteiger partial charge in [-0.2, -0.15) is 0 Å². The van der Waals surface area contributed by atoms with Crippen LogP contribution >= 0.6 is 11.3 Å². The second-order valence-electron chi connectivity index (χ2n) is 5.99. The summed E-state index contributed by atoms with van der Waals surface area (Å²) in [4.78, 5) is 18.3. The largest absolute Gasteiger partial charge is 0.480 e. The van der Waals surface area contributed by atoms with E-state index in [1.807, 2.05) is 43.0 Å². The summed E-state index contributed by atoms with van der Waals surface area (Å²) < 4.78 is 1.11. The number of piperidine rings is 1. The Labute approximate surface area is 122 Å². The van der Waals surface area contributed by atoms with Crippen molar-refractivity contribution in [1.82, 2.24) is 4.98 Å². The number of rotatable bonds is 2. The molecule has 1 saturated heterocycles. The average Bonchev–Trinajstić information content (AvgIpc) is 2.80. The molecule has 1 N–H and O–H groups in total. The molecule has 1 aliphatic rings. The average molecular weight is 290 g/mol. The maximum absolute atomic E-state index is 11.7. The number of aromatic nitrogens is 1. The molecule has 0 aliphatic carbocycles. The number of thiazole rings is 1. The van der Waals surface area contributed by atoms with E-state index in [-0.39, 0.29) is 5.41 Å². The van der Waals surface area contributed by atoms with Gasteiger partial charge in [0.15, 0.2) is 5.13 Å². The predicted molar refractivity (Wildman–Crippen MR) is 81.4 cm³/mol. The van der Waals surface area contributed by atoms with E-state index >= 15 is 0 Å². The van der Waals surface area contributed by atoms with Gasteiger partial charge in [-0.15, -0.1) is 0 Å². The molecule has 1 unspecified atom stereocenters. The van der Waals surface area contributed by atoms with Crippen LogP contribution in [0.1, 0.15) is 26.7 Å². The van der Waals surface area contributed by atoms with Crippen LogP contribution in [0.2, 0.25) is 0 Å². The molecule has 2 heterocycles. The van der Waals surface area contributed by atoms with E-state index in [1.165, 1.54) is 0 Å². The first-order valence-electron chi connectivity index (χ1n) is 6.84. The van der Waals surface area contributed by atoms with Gasteiger partial charge in [0.1, 0.15) is 6.04 Å². The summed E-state index contributed by atoms with van der Waals surface area (Å²) in [6.07, 6.45) is 1.94. The molecule has 1 aliphatic heterocycles. The third-order valence-electron chi connectivity index (χ3n) is 4.03. The molecule has 0 spiro atoms. The quantitative estimate of drug-likeness (QED) is 0.921. The van der Waals surface area contributed by atoms with E-state index in [9.17, 15) is 9.90 Å². The molecular formula is C15H18N2O2S. The Morgan fingerprint density at radius 2 is 2.20 bits per heavy atom. The molecule has 3 rings (SSSR count). The van der Waals surface area contributed by atoms with Gasteiger partial charge < -0.3 is 10.0 Å². The Bertz CT molecular complexity index is 617. The van der Waals surface area contributed by atoms with Crippen molar-refractivity contribution in [3.05, 3.63) is 24.3 Å². The highest BCUT2D eigenvalue weighted by Gasteiger charge is 2.43.